The summed E-state index contributed by atoms with van der Waals surface area (Å²) in [6.07, 6.45) is 2.09. The van der Waals surface area contributed by atoms with E-state index >= 15 is 0 Å². The Hall–Kier alpha value is -1.36. The van der Waals surface area contributed by atoms with E-state index in [1.165, 1.54) is 6.92 Å². The first-order valence-corrected chi connectivity index (χ1v) is 8.33. The Morgan fingerprint density at radius 3 is 2.26 bits per heavy atom. The van der Waals surface area contributed by atoms with E-state index in [4.69, 9.17) is 23.2 Å². The Morgan fingerprint density at radius 2 is 1.74 bits per heavy atom. The minimum absolute atomic E-state index is 0.0681. The van der Waals surface area contributed by atoms with E-state index in [0.717, 1.165) is 22.7 Å². The van der Waals surface area contributed by atoms with Crippen molar-refractivity contribution in [1.82, 2.24) is 16.0 Å². The smallest absolute Gasteiger partial charge is 0.156 e. The highest BCUT2D eigenvalue weighted by atomic mass is 35.5. The van der Waals surface area contributed by atoms with Crippen molar-refractivity contribution in [3.63, 3.8) is 0 Å². The van der Waals surface area contributed by atoms with Crippen molar-refractivity contribution in [3.8, 4) is 0 Å². The van der Waals surface area contributed by atoms with Gasteiger partial charge in [-0.25, -0.2) is 5.11 Å². The molecule has 0 spiro atoms. The number of nitrogens with one attached hydrogen (secondary N) is 3. The quantitative estimate of drug-likeness (QED) is 0.688. The summed E-state index contributed by atoms with van der Waals surface area (Å²) < 4.78 is 0. The molecule has 0 fully saturated rings. The first-order valence-electron chi connectivity index (χ1n) is 7.46. The van der Waals surface area contributed by atoms with Crippen LogP contribution in [0.4, 0.5) is 0 Å². The van der Waals surface area contributed by atoms with Gasteiger partial charge >= 0.3 is 0 Å². The molecule has 0 saturated heterocycles. The van der Waals surface area contributed by atoms with Crippen molar-refractivity contribution < 1.29 is 5.11 Å². The van der Waals surface area contributed by atoms with Crippen LogP contribution in [-0.4, -0.2) is 26.0 Å². The lowest BCUT2D eigenvalue weighted by atomic mass is 9.85. The molecule has 0 saturated carbocycles. The van der Waals surface area contributed by atoms with Crippen molar-refractivity contribution in [2.75, 3.05) is 21.1 Å². The van der Waals surface area contributed by atoms with Crippen LogP contribution in [-0.2, 0) is 10.7 Å². The van der Waals surface area contributed by atoms with E-state index in [2.05, 4.69) is 22.0 Å². The summed E-state index contributed by atoms with van der Waals surface area (Å²) in [6.45, 7) is 1.52. The summed E-state index contributed by atoms with van der Waals surface area (Å²) in [4.78, 5) is -1.04. The number of halogens is 2. The van der Waals surface area contributed by atoms with Crippen LogP contribution in [0, 0.1) is 0 Å². The molecule has 125 valence electrons. The molecule has 0 bridgehead atoms. The van der Waals surface area contributed by atoms with Crippen LogP contribution in [0.3, 0.4) is 0 Å². The maximum Gasteiger partial charge on any atom is 0.156 e. The molecular weight excluding hydrogens is 333 g/mol. The Bertz CT molecular complexity index is 638. The largest absolute Gasteiger partial charge is 0.389 e. The SMILES string of the molecule is CNC1=CC(c2ccccc2C(C)([O])C(Cl)Cl)C(NC)=C1NC. The fourth-order valence-electron chi connectivity index (χ4n) is 2.98. The zero-order valence-electron chi connectivity index (χ0n) is 13.7. The van der Waals surface area contributed by atoms with Crippen molar-refractivity contribution in [2.24, 2.45) is 0 Å². The Morgan fingerprint density at radius 1 is 1.09 bits per heavy atom. The summed E-state index contributed by atoms with van der Waals surface area (Å²) in [5, 5.41) is 22.6. The second-order valence-electron chi connectivity index (χ2n) is 5.59. The third kappa shape index (κ3) is 3.16. The third-order valence-electron chi connectivity index (χ3n) is 4.22. The van der Waals surface area contributed by atoms with E-state index in [-0.39, 0.29) is 5.92 Å². The van der Waals surface area contributed by atoms with Gasteiger partial charge in [-0.3, -0.25) is 0 Å². The van der Waals surface area contributed by atoms with Crippen molar-refractivity contribution in [1.29, 1.82) is 0 Å². The first-order chi connectivity index (χ1) is 10.9. The monoisotopic (exact) mass is 354 g/mol. The number of rotatable bonds is 6. The normalized spacial score (nSPS) is 20.3. The van der Waals surface area contributed by atoms with Gasteiger partial charge < -0.3 is 16.0 Å². The van der Waals surface area contributed by atoms with E-state index in [0.29, 0.717) is 5.56 Å². The molecule has 2 unspecified atom stereocenters. The molecule has 1 aliphatic carbocycles. The van der Waals surface area contributed by atoms with Crippen LogP contribution in [0.25, 0.3) is 0 Å². The maximum absolute atomic E-state index is 12.9. The van der Waals surface area contributed by atoms with Crippen molar-refractivity contribution in [3.05, 3.63) is 58.6 Å². The average molecular weight is 355 g/mol. The highest BCUT2D eigenvalue weighted by Gasteiger charge is 2.38. The predicted octanol–water partition coefficient (Wildman–Crippen LogP) is 2.99. The third-order valence-corrected chi connectivity index (χ3v) is 5.05. The number of likely N-dealkylation sites (N-methyl/N-ethyl adjacent to an activating group) is 3. The number of hydrogen-bond donors (Lipinski definition) is 3. The van der Waals surface area contributed by atoms with Gasteiger partial charge in [-0.15, -0.1) is 23.2 Å². The zero-order chi connectivity index (χ0) is 17.2. The lowest BCUT2D eigenvalue weighted by Gasteiger charge is -2.27. The summed E-state index contributed by atoms with van der Waals surface area (Å²) in [6, 6.07) is 7.51. The first kappa shape index (κ1) is 18.0. The summed E-state index contributed by atoms with van der Waals surface area (Å²) in [7, 11) is 5.62. The highest BCUT2D eigenvalue weighted by molar-refractivity contribution is 6.45. The highest BCUT2D eigenvalue weighted by Crippen LogP contribution is 2.41. The average Bonchev–Trinajstić information content (AvgIpc) is 2.92. The van der Waals surface area contributed by atoms with E-state index in [1.54, 1.807) is 6.07 Å². The second-order valence-corrected chi connectivity index (χ2v) is 6.69. The molecule has 0 aliphatic heterocycles. The lowest BCUT2D eigenvalue weighted by Crippen LogP contribution is -2.30. The lowest BCUT2D eigenvalue weighted by molar-refractivity contribution is -0.00628. The van der Waals surface area contributed by atoms with E-state index < -0.39 is 10.4 Å². The van der Waals surface area contributed by atoms with Gasteiger partial charge in [0.2, 0.25) is 0 Å². The molecular formula is C17H22Cl2N3O. The van der Waals surface area contributed by atoms with Gasteiger partial charge in [-0.2, -0.15) is 0 Å². The maximum atomic E-state index is 12.9. The van der Waals surface area contributed by atoms with Gasteiger partial charge in [0.1, 0.15) is 4.84 Å². The minimum Gasteiger partial charge on any atom is -0.389 e. The standard InChI is InChI=1S/C17H22Cl2N3O/c1-17(23,16(18)19)12-8-6-5-7-10(12)11-9-13(20-2)15(22-4)14(11)21-3/h5-9,11,16,20-22H,1-4H3. The van der Waals surface area contributed by atoms with Gasteiger partial charge in [0.25, 0.3) is 0 Å². The summed E-state index contributed by atoms with van der Waals surface area (Å²) >= 11 is 11.9. The topological polar surface area (TPSA) is 56.0 Å². The minimum atomic E-state index is -1.59. The molecule has 4 nitrogen and oxygen atoms in total. The second kappa shape index (κ2) is 7.04. The summed E-state index contributed by atoms with van der Waals surface area (Å²) in [5.41, 5.74) is 2.89. The fourth-order valence-corrected chi connectivity index (χ4v) is 3.21. The van der Waals surface area contributed by atoms with Gasteiger partial charge in [0.15, 0.2) is 5.60 Å². The molecule has 2 rings (SSSR count). The molecule has 2 atom stereocenters. The Kier molecular flexibility index (Phi) is 5.50. The van der Waals surface area contributed by atoms with Crippen LogP contribution < -0.4 is 16.0 Å². The van der Waals surface area contributed by atoms with Crippen LogP contribution in [0.15, 0.2) is 47.4 Å². The van der Waals surface area contributed by atoms with Gasteiger partial charge in [-0.05, 0) is 24.1 Å². The zero-order valence-corrected chi connectivity index (χ0v) is 15.2. The number of allylic oxidation sites excluding steroid dienone is 1. The molecule has 1 aliphatic rings. The Labute approximate surface area is 147 Å². The van der Waals surface area contributed by atoms with Gasteiger partial charge in [0.05, 0.1) is 11.4 Å². The van der Waals surface area contributed by atoms with E-state index in [1.807, 2.05) is 39.3 Å². The molecule has 6 heteroatoms. The van der Waals surface area contributed by atoms with Crippen molar-refractivity contribution in [2.45, 2.75) is 23.3 Å². The van der Waals surface area contributed by atoms with Crippen LogP contribution in [0.2, 0.25) is 0 Å². The van der Waals surface area contributed by atoms with Crippen molar-refractivity contribution >= 4 is 23.2 Å². The molecule has 3 N–H and O–H groups in total. The molecule has 0 aromatic heterocycles. The fraction of sp³-hybridized carbons (Fsp3) is 0.412. The molecule has 23 heavy (non-hydrogen) atoms. The molecule has 0 heterocycles. The van der Waals surface area contributed by atoms with E-state index in [9.17, 15) is 5.11 Å². The number of alkyl halides is 2. The van der Waals surface area contributed by atoms with Gasteiger partial charge in [0, 0.05) is 32.8 Å². The molecule has 0 amide bonds. The Balaban J connectivity index is 2.60. The van der Waals surface area contributed by atoms with Crippen LogP contribution in [0.1, 0.15) is 24.0 Å². The van der Waals surface area contributed by atoms with Crippen LogP contribution >= 0.6 is 23.2 Å². The van der Waals surface area contributed by atoms with Crippen LogP contribution in [0.5, 0.6) is 0 Å². The van der Waals surface area contributed by atoms with Gasteiger partial charge in [-0.1, -0.05) is 24.3 Å². The summed E-state index contributed by atoms with van der Waals surface area (Å²) in [5.74, 6) is -0.0681. The molecule has 1 aromatic carbocycles. The predicted molar refractivity (Wildman–Crippen MR) is 95.0 cm³/mol. The number of hydrogen-bond acceptors (Lipinski definition) is 3. The molecule has 1 radical (unpaired) electrons. The number of benzene rings is 1. The molecule has 1 aromatic rings.